The quantitative estimate of drug-likeness (QED) is 0.835. The third-order valence-electron chi connectivity index (χ3n) is 3.79. The number of hydrogen-bond acceptors (Lipinski definition) is 5. The summed E-state index contributed by atoms with van der Waals surface area (Å²) < 4.78 is 34.0. The molecule has 0 spiro atoms. The Balaban J connectivity index is 1.72. The SMILES string of the molecule is Cc1nn(C)c(C)c1S(=O)(=O)N1CC(Oc2cccnc2)C1. The Morgan fingerprint density at radius 2 is 2.05 bits per heavy atom. The van der Waals surface area contributed by atoms with E-state index in [0.29, 0.717) is 35.1 Å². The van der Waals surface area contributed by atoms with E-state index in [4.69, 9.17) is 4.74 Å². The molecule has 3 heterocycles. The van der Waals surface area contributed by atoms with Gasteiger partial charge in [-0.15, -0.1) is 0 Å². The minimum Gasteiger partial charge on any atom is -0.486 e. The molecule has 0 atom stereocenters. The predicted octanol–water partition coefficient (Wildman–Crippen LogP) is 0.884. The molecule has 0 N–H and O–H groups in total. The summed E-state index contributed by atoms with van der Waals surface area (Å²) in [6, 6.07) is 3.59. The van der Waals surface area contributed by atoms with Gasteiger partial charge in [0.15, 0.2) is 0 Å². The average molecular weight is 322 g/mol. The number of nitrogens with zero attached hydrogens (tertiary/aromatic N) is 4. The van der Waals surface area contributed by atoms with Crippen LogP contribution >= 0.6 is 0 Å². The molecule has 1 aliphatic heterocycles. The second-order valence-electron chi connectivity index (χ2n) is 5.37. The highest BCUT2D eigenvalue weighted by molar-refractivity contribution is 7.89. The predicted molar refractivity (Wildman–Crippen MR) is 80.1 cm³/mol. The standard InChI is InChI=1S/C14H18N4O3S/c1-10-14(11(2)17(3)16-10)22(19,20)18-8-13(9-18)21-12-5-4-6-15-7-12/h4-7,13H,8-9H2,1-3H3. The zero-order valence-electron chi connectivity index (χ0n) is 12.7. The number of aryl methyl sites for hydroxylation is 2. The van der Waals surface area contributed by atoms with Gasteiger partial charge in [0.05, 0.1) is 30.7 Å². The molecule has 0 saturated carbocycles. The first-order valence-corrected chi connectivity index (χ1v) is 8.40. The third kappa shape index (κ3) is 2.48. The monoisotopic (exact) mass is 322 g/mol. The van der Waals surface area contributed by atoms with Gasteiger partial charge in [0.25, 0.3) is 0 Å². The molecular weight excluding hydrogens is 304 g/mol. The summed E-state index contributed by atoms with van der Waals surface area (Å²) in [5, 5.41) is 4.18. The van der Waals surface area contributed by atoms with Crippen molar-refractivity contribution in [3.63, 3.8) is 0 Å². The van der Waals surface area contributed by atoms with Gasteiger partial charge in [-0.25, -0.2) is 8.42 Å². The molecule has 118 valence electrons. The second-order valence-corrected chi connectivity index (χ2v) is 7.25. The van der Waals surface area contributed by atoms with Crippen LogP contribution < -0.4 is 4.74 Å². The molecule has 0 aliphatic carbocycles. The van der Waals surface area contributed by atoms with Crippen molar-refractivity contribution in [3.8, 4) is 5.75 Å². The fraction of sp³-hybridized carbons (Fsp3) is 0.429. The molecule has 0 unspecified atom stereocenters. The van der Waals surface area contributed by atoms with Crippen LogP contribution in [0.4, 0.5) is 0 Å². The lowest BCUT2D eigenvalue weighted by Gasteiger charge is -2.37. The zero-order chi connectivity index (χ0) is 15.9. The Labute approximate surface area is 129 Å². The van der Waals surface area contributed by atoms with Crippen LogP contribution in [0.3, 0.4) is 0 Å². The molecule has 1 fully saturated rings. The Bertz CT molecular complexity index is 780. The second kappa shape index (κ2) is 5.36. The van der Waals surface area contributed by atoms with Gasteiger partial charge in [0.2, 0.25) is 10.0 Å². The van der Waals surface area contributed by atoms with E-state index in [0.717, 1.165) is 0 Å². The summed E-state index contributed by atoms with van der Waals surface area (Å²) >= 11 is 0. The van der Waals surface area contributed by atoms with Crippen molar-refractivity contribution < 1.29 is 13.2 Å². The molecule has 0 amide bonds. The van der Waals surface area contributed by atoms with Gasteiger partial charge in [-0.05, 0) is 26.0 Å². The maximum atomic E-state index is 12.7. The van der Waals surface area contributed by atoms with Crippen molar-refractivity contribution >= 4 is 10.0 Å². The Morgan fingerprint density at radius 3 is 2.59 bits per heavy atom. The van der Waals surface area contributed by atoms with Crippen molar-refractivity contribution in [2.45, 2.75) is 24.8 Å². The van der Waals surface area contributed by atoms with Gasteiger partial charge in [0.1, 0.15) is 16.7 Å². The van der Waals surface area contributed by atoms with Gasteiger partial charge in [-0.1, -0.05) is 0 Å². The van der Waals surface area contributed by atoms with E-state index >= 15 is 0 Å². The van der Waals surface area contributed by atoms with Crippen LogP contribution in [-0.4, -0.2) is 46.7 Å². The highest BCUT2D eigenvalue weighted by Crippen LogP contribution is 2.28. The molecule has 0 bridgehead atoms. The summed E-state index contributed by atoms with van der Waals surface area (Å²) in [4.78, 5) is 4.27. The first kappa shape index (κ1) is 15.0. The molecule has 22 heavy (non-hydrogen) atoms. The zero-order valence-corrected chi connectivity index (χ0v) is 13.5. The number of sulfonamides is 1. The van der Waals surface area contributed by atoms with Crippen LogP contribution in [0.15, 0.2) is 29.4 Å². The molecule has 2 aromatic rings. The molecule has 7 nitrogen and oxygen atoms in total. The summed E-state index contributed by atoms with van der Waals surface area (Å²) in [5.74, 6) is 0.651. The van der Waals surface area contributed by atoms with E-state index in [1.807, 2.05) is 0 Å². The Hall–Kier alpha value is -1.93. The summed E-state index contributed by atoms with van der Waals surface area (Å²) in [6.07, 6.45) is 3.14. The molecule has 1 aliphatic rings. The van der Waals surface area contributed by atoms with Crippen LogP contribution in [-0.2, 0) is 17.1 Å². The fourth-order valence-electron chi connectivity index (χ4n) is 2.54. The highest BCUT2D eigenvalue weighted by Gasteiger charge is 2.40. The normalized spacial score (nSPS) is 16.5. The summed E-state index contributed by atoms with van der Waals surface area (Å²) in [7, 11) is -1.77. The van der Waals surface area contributed by atoms with Crippen LogP contribution in [0.1, 0.15) is 11.4 Å². The smallest absolute Gasteiger partial charge is 0.246 e. The van der Waals surface area contributed by atoms with Crippen molar-refractivity contribution in [1.82, 2.24) is 19.1 Å². The van der Waals surface area contributed by atoms with Crippen molar-refractivity contribution in [2.75, 3.05) is 13.1 Å². The molecule has 1 saturated heterocycles. The molecular formula is C14H18N4O3S. The van der Waals surface area contributed by atoms with Crippen LogP contribution in [0.25, 0.3) is 0 Å². The largest absolute Gasteiger partial charge is 0.486 e. The van der Waals surface area contributed by atoms with Crippen molar-refractivity contribution in [1.29, 1.82) is 0 Å². The number of pyridine rings is 1. The Morgan fingerprint density at radius 1 is 1.32 bits per heavy atom. The lowest BCUT2D eigenvalue weighted by Crippen LogP contribution is -2.56. The topological polar surface area (TPSA) is 77.3 Å². The third-order valence-corrected chi connectivity index (χ3v) is 5.88. The lowest BCUT2D eigenvalue weighted by molar-refractivity contribution is 0.0758. The molecule has 3 rings (SSSR count). The highest BCUT2D eigenvalue weighted by atomic mass is 32.2. The number of aromatic nitrogens is 3. The van der Waals surface area contributed by atoms with Gasteiger partial charge in [0, 0.05) is 13.2 Å². The van der Waals surface area contributed by atoms with Crippen LogP contribution in [0.5, 0.6) is 5.75 Å². The maximum Gasteiger partial charge on any atom is 0.246 e. The van der Waals surface area contributed by atoms with E-state index in [2.05, 4.69) is 10.1 Å². The van der Waals surface area contributed by atoms with Crippen molar-refractivity contribution in [3.05, 3.63) is 35.9 Å². The van der Waals surface area contributed by atoms with E-state index in [1.54, 1.807) is 50.1 Å². The van der Waals surface area contributed by atoms with Gasteiger partial charge < -0.3 is 4.74 Å². The van der Waals surface area contributed by atoms with Crippen LogP contribution in [0.2, 0.25) is 0 Å². The van der Waals surface area contributed by atoms with E-state index in [9.17, 15) is 8.42 Å². The van der Waals surface area contributed by atoms with Crippen LogP contribution in [0, 0.1) is 13.8 Å². The van der Waals surface area contributed by atoms with E-state index in [-0.39, 0.29) is 6.10 Å². The Kier molecular flexibility index (Phi) is 3.65. The molecule has 8 heteroatoms. The van der Waals surface area contributed by atoms with E-state index in [1.165, 1.54) is 4.31 Å². The van der Waals surface area contributed by atoms with E-state index < -0.39 is 10.0 Å². The minimum atomic E-state index is -3.51. The number of hydrogen-bond donors (Lipinski definition) is 0. The summed E-state index contributed by atoms with van der Waals surface area (Å²) in [6.45, 7) is 4.15. The van der Waals surface area contributed by atoms with Gasteiger partial charge in [-0.2, -0.15) is 9.40 Å². The first-order valence-electron chi connectivity index (χ1n) is 6.96. The first-order chi connectivity index (χ1) is 10.4. The molecule has 2 aromatic heterocycles. The average Bonchev–Trinajstić information content (AvgIpc) is 2.68. The van der Waals surface area contributed by atoms with Gasteiger partial charge >= 0.3 is 0 Å². The molecule has 0 aromatic carbocycles. The lowest BCUT2D eigenvalue weighted by atomic mass is 10.2. The fourth-order valence-corrected chi connectivity index (χ4v) is 4.44. The minimum absolute atomic E-state index is 0.142. The number of rotatable bonds is 4. The van der Waals surface area contributed by atoms with Gasteiger partial charge in [-0.3, -0.25) is 9.67 Å². The molecule has 0 radical (unpaired) electrons. The number of ether oxygens (including phenoxy) is 1. The summed E-state index contributed by atoms with van der Waals surface area (Å²) in [5.41, 5.74) is 1.17. The van der Waals surface area contributed by atoms with Crippen molar-refractivity contribution in [2.24, 2.45) is 7.05 Å². The maximum absolute atomic E-state index is 12.7.